The third kappa shape index (κ3) is 6.05. The van der Waals surface area contributed by atoms with Crippen molar-refractivity contribution >= 4 is 41.0 Å². The zero-order valence-electron chi connectivity index (χ0n) is 20.5. The average molecular weight is 495 g/mol. The van der Waals surface area contributed by atoms with E-state index in [1.807, 2.05) is 6.07 Å². The minimum absolute atomic E-state index is 0.0829. The van der Waals surface area contributed by atoms with Crippen LogP contribution in [-0.4, -0.2) is 59.2 Å². The molecule has 0 radical (unpaired) electrons. The molecule has 0 spiro atoms. The van der Waals surface area contributed by atoms with E-state index in [1.54, 1.807) is 67.3 Å². The van der Waals surface area contributed by atoms with Gasteiger partial charge in [-0.2, -0.15) is 5.01 Å². The van der Waals surface area contributed by atoms with E-state index in [4.69, 9.17) is 0 Å². The Balaban J connectivity index is 1.57. The van der Waals surface area contributed by atoms with Gasteiger partial charge in [0.15, 0.2) is 0 Å². The summed E-state index contributed by atoms with van der Waals surface area (Å²) in [5, 5.41) is 8.77. The molecule has 2 aromatic carbocycles. The average Bonchev–Trinajstić information content (AvgIpc) is 3.10. The Morgan fingerprint density at radius 3 is 2.03 bits per heavy atom. The van der Waals surface area contributed by atoms with Gasteiger partial charge in [0.05, 0.1) is 13.1 Å². The predicted molar refractivity (Wildman–Crippen MR) is 133 cm³/mol. The lowest BCUT2D eigenvalue weighted by atomic mass is 9.87. The van der Waals surface area contributed by atoms with Gasteiger partial charge in [0.1, 0.15) is 5.54 Å². The Kier molecular flexibility index (Phi) is 8.38. The minimum atomic E-state index is -1.26. The van der Waals surface area contributed by atoms with Crippen LogP contribution in [0.25, 0.3) is 0 Å². The normalized spacial score (nSPS) is 17.1. The SMILES string of the molecule is CCN(CC(=O)Nc1ccc(NC(C)=O)cc1)CC(=O)NN1C(=O)NC(CC)(c2ccccc2)C1=O. The van der Waals surface area contributed by atoms with Crippen molar-refractivity contribution in [3.63, 3.8) is 0 Å². The number of likely N-dealkylation sites (N-methyl/N-ethyl adjacent to an activating group) is 1. The van der Waals surface area contributed by atoms with Crippen molar-refractivity contribution in [3.8, 4) is 0 Å². The summed E-state index contributed by atoms with van der Waals surface area (Å²) in [5.41, 5.74) is 2.87. The van der Waals surface area contributed by atoms with Crippen molar-refractivity contribution in [2.45, 2.75) is 32.7 Å². The van der Waals surface area contributed by atoms with Crippen LogP contribution >= 0.6 is 0 Å². The maximum atomic E-state index is 13.2. The van der Waals surface area contributed by atoms with Crippen LogP contribution in [-0.2, 0) is 24.7 Å². The van der Waals surface area contributed by atoms with E-state index in [9.17, 15) is 24.0 Å². The molecule has 1 atom stereocenters. The van der Waals surface area contributed by atoms with Crippen molar-refractivity contribution in [2.75, 3.05) is 30.3 Å². The van der Waals surface area contributed by atoms with Gasteiger partial charge in [0.25, 0.3) is 11.8 Å². The van der Waals surface area contributed by atoms with E-state index in [0.29, 0.717) is 34.9 Å². The van der Waals surface area contributed by atoms with Gasteiger partial charge in [-0.05, 0) is 42.8 Å². The minimum Gasteiger partial charge on any atom is -0.326 e. The highest BCUT2D eigenvalue weighted by Gasteiger charge is 2.52. The number of amides is 6. The Labute approximate surface area is 209 Å². The molecule has 11 heteroatoms. The van der Waals surface area contributed by atoms with Gasteiger partial charge in [-0.25, -0.2) is 4.79 Å². The van der Waals surface area contributed by atoms with Gasteiger partial charge in [-0.15, -0.1) is 0 Å². The molecule has 3 rings (SSSR count). The molecule has 1 heterocycles. The van der Waals surface area contributed by atoms with E-state index in [-0.39, 0.29) is 24.9 Å². The van der Waals surface area contributed by atoms with Crippen LogP contribution in [0.5, 0.6) is 0 Å². The van der Waals surface area contributed by atoms with E-state index in [0.717, 1.165) is 0 Å². The number of imide groups is 1. The summed E-state index contributed by atoms with van der Waals surface area (Å²) in [6.07, 6.45) is 0.307. The fraction of sp³-hybridized carbons (Fsp3) is 0.320. The third-order valence-corrected chi connectivity index (χ3v) is 5.80. The summed E-state index contributed by atoms with van der Waals surface area (Å²) in [5.74, 6) is -1.72. The van der Waals surface area contributed by atoms with Crippen LogP contribution in [0.4, 0.5) is 16.2 Å². The summed E-state index contributed by atoms with van der Waals surface area (Å²) in [4.78, 5) is 63.5. The molecule has 1 aliphatic rings. The number of benzene rings is 2. The molecule has 1 aliphatic heterocycles. The largest absolute Gasteiger partial charge is 0.344 e. The molecular weight excluding hydrogens is 464 g/mol. The van der Waals surface area contributed by atoms with Crippen molar-refractivity contribution in [1.29, 1.82) is 0 Å². The summed E-state index contributed by atoms with van der Waals surface area (Å²) >= 11 is 0. The Morgan fingerprint density at radius 1 is 0.889 bits per heavy atom. The summed E-state index contributed by atoms with van der Waals surface area (Å²) in [6.45, 7) is 5.06. The fourth-order valence-corrected chi connectivity index (χ4v) is 3.93. The highest BCUT2D eigenvalue weighted by molar-refractivity contribution is 6.08. The molecular formula is C25H30N6O5. The van der Waals surface area contributed by atoms with Crippen molar-refractivity contribution in [2.24, 2.45) is 0 Å². The van der Waals surface area contributed by atoms with Crippen LogP contribution in [0.15, 0.2) is 54.6 Å². The van der Waals surface area contributed by atoms with E-state index >= 15 is 0 Å². The zero-order chi connectivity index (χ0) is 26.3. The second kappa shape index (κ2) is 11.5. The highest BCUT2D eigenvalue weighted by atomic mass is 16.2. The lowest BCUT2D eigenvalue weighted by Crippen LogP contribution is -2.51. The van der Waals surface area contributed by atoms with E-state index in [1.165, 1.54) is 6.92 Å². The summed E-state index contributed by atoms with van der Waals surface area (Å²) < 4.78 is 0. The lowest BCUT2D eigenvalue weighted by Gasteiger charge is -2.26. The molecule has 36 heavy (non-hydrogen) atoms. The van der Waals surface area contributed by atoms with Crippen LogP contribution in [0.1, 0.15) is 32.8 Å². The number of carbonyl (C=O) groups excluding carboxylic acids is 5. The van der Waals surface area contributed by atoms with Gasteiger partial charge in [-0.3, -0.25) is 29.5 Å². The van der Waals surface area contributed by atoms with Crippen LogP contribution in [0, 0.1) is 0 Å². The first-order chi connectivity index (χ1) is 17.2. The first-order valence-corrected chi connectivity index (χ1v) is 11.6. The number of hydrazine groups is 1. The molecule has 11 nitrogen and oxygen atoms in total. The summed E-state index contributed by atoms with van der Waals surface area (Å²) in [6, 6.07) is 14.7. The molecule has 4 N–H and O–H groups in total. The molecule has 0 bridgehead atoms. The maximum Gasteiger partial charge on any atom is 0.344 e. The second-order valence-corrected chi connectivity index (χ2v) is 8.34. The van der Waals surface area contributed by atoms with Crippen LogP contribution in [0.3, 0.4) is 0 Å². The quantitative estimate of drug-likeness (QED) is 0.371. The second-order valence-electron chi connectivity index (χ2n) is 8.34. The molecule has 0 aliphatic carbocycles. The maximum absolute atomic E-state index is 13.2. The Hall–Kier alpha value is -4.25. The number of carbonyl (C=O) groups is 5. The van der Waals surface area contributed by atoms with Gasteiger partial charge in [-0.1, -0.05) is 44.2 Å². The number of nitrogens with zero attached hydrogens (tertiary/aromatic N) is 2. The molecule has 190 valence electrons. The number of nitrogens with one attached hydrogen (secondary N) is 4. The lowest BCUT2D eigenvalue weighted by molar-refractivity contribution is -0.140. The number of hydrogen-bond acceptors (Lipinski definition) is 6. The van der Waals surface area contributed by atoms with Crippen LogP contribution in [0.2, 0.25) is 0 Å². The molecule has 2 aromatic rings. The molecule has 0 aromatic heterocycles. The molecule has 6 amide bonds. The molecule has 1 unspecified atom stereocenters. The number of anilines is 2. The van der Waals surface area contributed by atoms with Gasteiger partial charge >= 0.3 is 6.03 Å². The third-order valence-electron chi connectivity index (χ3n) is 5.80. The first-order valence-electron chi connectivity index (χ1n) is 11.6. The van der Waals surface area contributed by atoms with Crippen LogP contribution < -0.4 is 21.4 Å². The standard InChI is InChI=1S/C25H30N6O5/c1-4-25(18-9-7-6-8-10-18)23(35)31(24(36)28-25)29-22(34)16-30(5-2)15-21(33)27-20-13-11-19(12-14-20)26-17(3)32/h6-14H,4-5,15-16H2,1-3H3,(H,26,32)(H,27,33)(H,28,36)(H,29,34). The highest BCUT2D eigenvalue weighted by Crippen LogP contribution is 2.31. The number of urea groups is 1. The van der Waals surface area contributed by atoms with Gasteiger partial charge < -0.3 is 16.0 Å². The molecule has 1 saturated heterocycles. The summed E-state index contributed by atoms with van der Waals surface area (Å²) in [7, 11) is 0. The van der Waals surface area contributed by atoms with Gasteiger partial charge in [0, 0.05) is 18.3 Å². The van der Waals surface area contributed by atoms with E-state index in [2.05, 4.69) is 21.4 Å². The topological polar surface area (TPSA) is 140 Å². The van der Waals surface area contributed by atoms with Crippen molar-refractivity contribution < 1.29 is 24.0 Å². The monoisotopic (exact) mass is 494 g/mol. The Bertz CT molecular complexity index is 1140. The fourth-order valence-electron chi connectivity index (χ4n) is 3.93. The predicted octanol–water partition coefficient (Wildman–Crippen LogP) is 1.79. The smallest absolute Gasteiger partial charge is 0.326 e. The van der Waals surface area contributed by atoms with Crippen molar-refractivity contribution in [1.82, 2.24) is 20.7 Å². The van der Waals surface area contributed by atoms with E-state index < -0.39 is 23.4 Å². The molecule has 0 saturated carbocycles. The number of rotatable bonds is 10. The first kappa shape index (κ1) is 26.4. The van der Waals surface area contributed by atoms with Crippen molar-refractivity contribution in [3.05, 3.63) is 60.2 Å². The molecule has 1 fully saturated rings. The Morgan fingerprint density at radius 2 is 1.47 bits per heavy atom. The van der Waals surface area contributed by atoms with Gasteiger partial charge in [0.2, 0.25) is 11.8 Å². The number of hydrogen-bond donors (Lipinski definition) is 4. The zero-order valence-corrected chi connectivity index (χ0v) is 20.5.